The highest BCUT2D eigenvalue weighted by Crippen LogP contribution is 2.12. The van der Waals surface area contributed by atoms with Crippen LogP contribution in [-0.2, 0) is 0 Å². The normalized spacial score (nSPS) is 11.5. The van der Waals surface area contributed by atoms with E-state index in [0.717, 1.165) is 12.8 Å². The van der Waals surface area contributed by atoms with Gasteiger partial charge in [-0.15, -0.1) is 6.42 Å². The molecule has 0 amide bonds. The minimum absolute atomic E-state index is 0.0267. The molecule has 0 fully saturated rings. The first-order valence-corrected chi connectivity index (χ1v) is 4.95. The van der Waals surface area contributed by atoms with E-state index in [2.05, 4.69) is 21.2 Å². The summed E-state index contributed by atoms with van der Waals surface area (Å²) in [5.74, 6) is 1.74. The van der Waals surface area contributed by atoms with E-state index >= 15 is 0 Å². The molecule has 0 saturated carbocycles. The van der Waals surface area contributed by atoms with Crippen LogP contribution < -0.4 is 5.32 Å². The first-order chi connectivity index (χ1) is 7.69. The number of anilines is 1. The number of hydrogen-bond donors (Lipinski definition) is 2. The van der Waals surface area contributed by atoms with Gasteiger partial charge in [0.15, 0.2) is 0 Å². The molecule has 0 aliphatic heterocycles. The second-order valence-electron chi connectivity index (χ2n) is 3.24. The lowest BCUT2D eigenvalue weighted by Crippen LogP contribution is -2.20. The third-order valence-electron chi connectivity index (χ3n) is 2.03. The van der Waals surface area contributed by atoms with Gasteiger partial charge >= 0.3 is 5.97 Å². The molecule has 1 unspecified atom stereocenters. The van der Waals surface area contributed by atoms with Gasteiger partial charge in [0.25, 0.3) is 0 Å². The van der Waals surface area contributed by atoms with Crippen LogP contribution in [0.1, 0.15) is 30.1 Å². The van der Waals surface area contributed by atoms with Crippen molar-refractivity contribution in [2.24, 2.45) is 0 Å². The fourth-order valence-corrected chi connectivity index (χ4v) is 1.25. The number of aromatic carboxylic acids is 1. The summed E-state index contributed by atoms with van der Waals surface area (Å²) >= 11 is 0. The number of nitrogens with zero attached hydrogens (tertiary/aromatic N) is 2. The molecule has 0 radical (unpaired) electrons. The molecule has 5 heteroatoms. The molecule has 0 spiro atoms. The Kier molecular flexibility index (Phi) is 4.28. The molecule has 2 N–H and O–H groups in total. The van der Waals surface area contributed by atoms with Crippen LogP contribution >= 0.6 is 0 Å². The van der Waals surface area contributed by atoms with E-state index in [1.807, 2.05) is 6.92 Å². The monoisotopic (exact) mass is 219 g/mol. The molecule has 1 aromatic rings. The third kappa shape index (κ3) is 2.95. The highest BCUT2D eigenvalue weighted by Gasteiger charge is 2.13. The fourth-order valence-electron chi connectivity index (χ4n) is 1.25. The molecule has 1 heterocycles. The Labute approximate surface area is 93.9 Å². The average Bonchev–Trinajstić information content (AvgIpc) is 2.29. The van der Waals surface area contributed by atoms with Crippen LogP contribution in [0.2, 0.25) is 0 Å². The van der Waals surface area contributed by atoms with Crippen LogP contribution in [0.3, 0.4) is 0 Å². The van der Waals surface area contributed by atoms with E-state index in [9.17, 15) is 4.79 Å². The van der Waals surface area contributed by atoms with Crippen LogP contribution in [0.4, 0.5) is 5.82 Å². The van der Waals surface area contributed by atoms with E-state index in [4.69, 9.17) is 11.5 Å². The SMILES string of the molecule is C#CC(CCC)Nc1ncncc1C(=O)O. The largest absolute Gasteiger partial charge is 0.477 e. The van der Waals surface area contributed by atoms with E-state index in [1.165, 1.54) is 12.5 Å². The van der Waals surface area contributed by atoms with Gasteiger partial charge in [-0.05, 0) is 6.42 Å². The highest BCUT2D eigenvalue weighted by molar-refractivity contribution is 5.92. The van der Waals surface area contributed by atoms with Gasteiger partial charge in [0.2, 0.25) is 0 Å². The summed E-state index contributed by atoms with van der Waals surface area (Å²) in [6.07, 6.45) is 9.54. The predicted octanol–water partition coefficient (Wildman–Crippen LogP) is 1.39. The number of terminal acetylenes is 1. The number of carboxylic acid groups (broad SMARTS) is 1. The van der Waals surface area contributed by atoms with Crippen molar-refractivity contribution in [2.45, 2.75) is 25.8 Å². The van der Waals surface area contributed by atoms with Crippen LogP contribution in [0, 0.1) is 12.3 Å². The first kappa shape index (κ1) is 12.0. The zero-order valence-corrected chi connectivity index (χ0v) is 8.97. The van der Waals surface area contributed by atoms with Crippen LogP contribution in [0.25, 0.3) is 0 Å². The second kappa shape index (κ2) is 5.71. The van der Waals surface area contributed by atoms with Crippen molar-refractivity contribution in [2.75, 3.05) is 5.32 Å². The summed E-state index contributed by atoms with van der Waals surface area (Å²) in [4.78, 5) is 18.4. The molecule has 0 aliphatic carbocycles. The minimum Gasteiger partial charge on any atom is -0.477 e. The molecule has 0 aromatic carbocycles. The summed E-state index contributed by atoms with van der Waals surface area (Å²) in [5.41, 5.74) is 0.0267. The Morgan fingerprint density at radius 2 is 2.50 bits per heavy atom. The molecular weight excluding hydrogens is 206 g/mol. The van der Waals surface area contributed by atoms with Crippen molar-refractivity contribution in [3.05, 3.63) is 18.1 Å². The number of rotatable bonds is 5. The molecule has 84 valence electrons. The fraction of sp³-hybridized carbons (Fsp3) is 0.364. The highest BCUT2D eigenvalue weighted by atomic mass is 16.4. The van der Waals surface area contributed by atoms with Crippen molar-refractivity contribution in [1.29, 1.82) is 0 Å². The van der Waals surface area contributed by atoms with Crippen LogP contribution in [0.15, 0.2) is 12.5 Å². The molecule has 0 saturated heterocycles. The molecule has 1 aromatic heterocycles. The van der Waals surface area contributed by atoms with Gasteiger partial charge in [-0.3, -0.25) is 0 Å². The summed E-state index contributed by atoms with van der Waals surface area (Å²) in [7, 11) is 0. The lowest BCUT2D eigenvalue weighted by atomic mass is 10.1. The molecule has 5 nitrogen and oxygen atoms in total. The van der Waals surface area contributed by atoms with Gasteiger partial charge in [-0.2, -0.15) is 0 Å². The van der Waals surface area contributed by atoms with E-state index in [0.29, 0.717) is 0 Å². The van der Waals surface area contributed by atoms with E-state index in [-0.39, 0.29) is 17.4 Å². The second-order valence-corrected chi connectivity index (χ2v) is 3.24. The molecule has 1 rings (SSSR count). The van der Waals surface area contributed by atoms with Gasteiger partial charge in [-0.1, -0.05) is 19.3 Å². The maximum Gasteiger partial charge on any atom is 0.341 e. The predicted molar refractivity (Wildman–Crippen MR) is 60.1 cm³/mol. The molecule has 16 heavy (non-hydrogen) atoms. The molecule has 1 atom stereocenters. The quantitative estimate of drug-likeness (QED) is 0.732. The maximum absolute atomic E-state index is 10.9. The van der Waals surface area contributed by atoms with Crippen LogP contribution in [-0.4, -0.2) is 27.1 Å². The number of aromatic nitrogens is 2. The maximum atomic E-state index is 10.9. The number of carbonyl (C=O) groups is 1. The Balaban J connectivity index is 2.88. The van der Waals surface area contributed by atoms with Crippen molar-refractivity contribution in [3.8, 4) is 12.3 Å². The van der Waals surface area contributed by atoms with E-state index in [1.54, 1.807) is 0 Å². The number of carboxylic acids is 1. The Morgan fingerprint density at radius 3 is 3.06 bits per heavy atom. The third-order valence-corrected chi connectivity index (χ3v) is 2.03. The van der Waals surface area contributed by atoms with Gasteiger partial charge < -0.3 is 10.4 Å². The molecule has 0 aliphatic rings. The lowest BCUT2D eigenvalue weighted by molar-refractivity contribution is 0.0697. The Hall–Kier alpha value is -2.09. The molecule has 0 bridgehead atoms. The van der Waals surface area contributed by atoms with Crippen molar-refractivity contribution >= 4 is 11.8 Å². The van der Waals surface area contributed by atoms with E-state index < -0.39 is 5.97 Å². The lowest BCUT2D eigenvalue weighted by Gasteiger charge is -2.13. The number of nitrogens with one attached hydrogen (secondary N) is 1. The molecular formula is C11H13N3O2. The standard InChI is InChI=1S/C11H13N3O2/c1-3-5-8(4-2)14-10-9(11(15)16)6-12-7-13-10/h2,6-8H,3,5H2,1H3,(H,15,16)(H,12,13,14). The van der Waals surface area contributed by atoms with Gasteiger partial charge in [0.1, 0.15) is 17.7 Å². The minimum atomic E-state index is -1.07. The van der Waals surface area contributed by atoms with Crippen molar-refractivity contribution in [1.82, 2.24) is 9.97 Å². The zero-order valence-electron chi connectivity index (χ0n) is 8.97. The Morgan fingerprint density at radius 1 is 1.75 bits per heavy atom. The summed E-state index contributed by atoms with van der Waals surface area (Å²) in [6.45, 7) is 2.00. The Bertz CT molecular complexity index is 412. The van der Waals surface area contributed by atoms with Gasteiger partial charge in [0, 0.05) is 6.20 Å². The van der Waals surface area contributed by atoms with Crippen molar-refractivity contribution in [3.63, 3.8) is 0 Å². The first-order valence-electron chi connectivity index (χ1n) is 4.95. The summed E-state index contributed by atoms with van der Waals surface area (Å²) in [6, 6.07) is -0.210. The number of hydrogen-bond acceptors (Lipinski definition) is 4. The van der Waals surface area contributed by atoms with Crippen molar-refractivity contribution < 1.29 is 9.90 Å². The topological polar surface area (TPSA) is 75.1 Å². The van der Waals surface area contributed by atoms with Gasteiger partial charge in [0.05, 0.1) is 6.04 Å². The smallest absolute Gasteiger partial charge is 0.341 e. The van der Waals surface area contributed by atoms with Gasteiger partial charge in [-0.25, -0.2) is 14.8 Å². The summed E-state index contributed by atoms with van der Waals surface area (Å²) in [5, 5.41) is 11.8. The zero-order chi connectivity index (χ0) is 12.0. The average molecular weight is 219 g/mol. The summed E-state index contributed by atoms with van der Waals surface area (Å²) < 4.78 is 0. The van der Waals surface area contributed by atoms with Crippen LogP contribution in [0.5, 0.6) is 0 Å².